The number of allylic oxidation sites excluding steroid dienone is 4. The van der Waals surface area contributed by atoms with Crippen molar-refractivity contribution in [1.82, 2.24) is 4.90 Å². The quantitative estimate of drug-likeness (QED) is 0.660. The van der Waals surface area contributed by atoms with Gasteiger partial charge in [0, 0.05) is 24.7 Å². The zero-order valence-corrected chi connectivity index (χ0v) is 11.3. The Morgan fingerprint density at radius 2 is 2.12 bits per heavy atom. The van der Waals surface area contributed by atoms with Gasteiger partial charge in [-0.1, -0.05) is 38.2 Å². The zero-order chi connectivity index (χ0) is 12.3. The summed E-state index contributed by atoms with van der Waals surface area (Å²) < 4.78 is 0. The highest BCUT2D eigenvalue weighted by atomic mass is 15.1. The predicted molar refractivity (Wildman–Crippen MR) is 74.7 cm³/mol. The summed E-state index contributed by atoms with van der Waals surface area (Å²) in [5.74, 6) is 1.25. The fourth-order valence-electron chi connectivity index (χ4n) is 2.90. The fraction of sp³-hybridized carbons (Fsp3) is 0.625. The van der Waals surface area contributed by atoms with Gasteiger partial charge in [-0.3, -0.25) is 0 Å². The van der Waals surface area contributed by atoms with Gasteiger partial charge < -0.3 is 4.90 Å². The second-order valence-corrected chi connectivity index (χ2v) is 5.44. The van der Waals surface area contributed by atoms with Crippen LogP contribution in [-0.4, -0.2) is 18.0 Å². The van der Waals surface area contributed by atoms with Crippen molar-refractivity contribution < 1.29 is 0 Å². The molecule has 1 nitrogen and oxygen atoms in total. The maximum atomic E-state index is 4.26. The van der Waals surface area contributed by atoms with Crippen LogP contribution in [0.15, 0.2) is 36.1 Å². The van der Waals surface area contributed by atoms with Gasteiger partial charge in [0.1, 0.15) is 0 Å². The molecule has 1 aliphatic heterocycles. The lowest BCUT2D eigenvalue weighted by molar-refractivity contribution is 0.426. The molecule has 17 heavy (non-hydrogen) atoms. The molecule has 0 aromatic carbocycles. The molecule has 0 saturated carbocycles. The van der Waals surface area contributed by atoms with Crippen molar-refractivity contribution in [2.24, 2.45) is 11.8 Å². The number of hydrogen-bond donors (Lipinski definition) is 0. The molecule has 0 amide bonds. The first-order valence-electron chi connectivity index (χ1n) is 7.03. The normalized spacial score (nSPS) is 29.1. The first-order chi connectivity index (χ1) is 8.22. The Labute approximate surface area is 106 Å². The van der Waals surface area contributed by atoms with Gasteiger partial charge in [-0.2, -0.15) is 0 Å². The van der Waals surface area contributed by atoms with Crippen molar-refractivity contribution in [3.63, 3.8) is 0 Å². The van der Waals surface area contributed by atoms with E-state index < -0.39 is 0 Å². The average molecular weight is 231 g/mol. The number of nitrogens with zero attached hydrogens (tertiary/aromatic N) is 1. The molecule has 0 spiro atoms. The molecule has 2 aliphatic rings. The summed E-state index contributed by atoms with van der Waals surface area (Å²) in [6.07, 6.45) is 12.1. The van der Waals surface area contributed by atoms with Gasteiger partial charge in [-0.15, -0.1) is 0 Å². The van der Waals surface area contributed by atoms with E-state index in [1.54, 1.807) is 0 Å². The molecular formula is C16H25N. The molecule has 0 bridgehead atoms. The van der Waals surface area contributed by atoms with Crippen molar-refractivity contribution in [3.8, 4) is 0 Å². The van der Waals surface area contributed by atoms with Crippen molar-refractivity contribution in [2.45, 2.75) is 39.5 Å². The van der Waals surface area contributed by atoms with Crippen molar-refractivity contribution >= 4 is 0 Å². The van der Waals surface area contributed by atoms with E-state index in [1.807, 2.05) is 0 Å². The van der Waals surface area contributed by atoms with Crippen LogP contribution in [-0.2, 0) is 0 Å². The Balaban J connectivity index is 2.19. The van der Waals surface area contributed by atoms with Crippen LogP contribution in [0.4, 0.5) is 0 Å². The van der Waals surface area contributed by atoms with Gasteiger partial charge in [-0.25, -0.2) is 0 Å². The third kappa shape index (κ3) is 2.83. The standard InChI is InChI=1S/C16H25N/c1-4-13(2)16-12-15(9-7-8-14(16)3)17-10-5-6-11-17/h7,9,12,14,16H,2,4-6,8,10-11H2,1,3H3. The molecule has 2 rings (SSSR count). The Bertz CT molecular complexity index is 331. The van der Waals surface area contributed by atoms with E-state index >= 15 is 0 Å². The summed E-state index contributed by atoms with van der Waals surface area (Å²) in [5.41, 5.74) is 2.82. The molecule has 1 heterocycles. The van der Waals surface area contributed by atoms with Gasteiger partial charge >= 0.3 is 0 Å². The minimum absolute atomic E-state index is 0.561. The van der Waals surface area contributed by atoms with Crippen LogP contribution in [0.2, 0.25) is 0 Å². The van der Waals surface area contributed by atoms with Gasteiger partial charge in [0.15, 0.2) is 0 Å². The highest BCUT2D eigenvalue weighted by Crippen LogP contribution is 2.31. The third-order valence-corrected chi connectivity index (χ3v) is 4.16. The molecule has 0 radical (unpaired) electrons. The lowest BCUT2D eigenvalue weighted by Crippen LogP contribution is -2.19. The summed E-state index contributed by atoms with van der Waals surface area (Å²) in [7, 11) is 0. The fourth-order valence-corrected chi connectivity index (χ4v) is 2.90. The maximum absolute atomic E-state index is 4.26. The highest BCUT2D eigenvalue weighted by Gasteiger charge is 2.21. The van der Waals surface area contributed by atoms with Gasteiger partial charge in [0.2, 0.25) is 0 Å². The van der Waals surface area contributed by atoms with E-state index in [0.717, 1.165) is 6.42 Å². The summed E-state index contributed by atoms with van der Waals surface area (Å²) in [4.78, 5) is 2.53. The Morgan fingerprint density at radius 1 is 1.41 bits per heavy atom. The first kappa shape index (κ1) is 12.5. The van der Waals surface area contributed by atoms with E-state index in [1.165, 1.54) is 43.6 Å². The average Bonchev–Trinajstić information content (AvgIpc) is 2.79. The Kier molecular flexibility index (Phi) is 4.09. The number of rotatable bonds is 3. The van der Waals surface area contributed by atoms with Gasteiger partial charge in [-0.05, 0) is 37.7 Å². The molecule has 0 aromatic heterocycles. The van der Waals surface area contributed by atoms with E-state index in [9.17, 15) is 0 Å². The van der Waals surface area contributed by atoms with Gasteiger partial charge in [0.05, 0.1) is 0 Å². The molecule has 2 unspecified atom stereocenters. The second-order valence-electron chi connectivity index (χ2n) is 5.44. The van der Waals surface area contributed by atoms with Crippen LogP contribution in [0.3, 0.4) is 0 Å². The van der Waals surface area contributed by atoms with Crippen molar-refractivity contribution in [1.29, 1.82) is 0 Å². The molecular weight excluding hydrogens is 206 g/mol. The predicted octanol–water partition coefficient (Wildman–Crippen LogP) is 4.14. The summed E-state index contributed by atoms with van der Waals surface area (Å²) in [5, 5.41) is 0. The summed E-state index contributed by atoms with van der Waals surface area (Å²) in [6, 6.07) is 0. The minimum atomic E-state index is 0.561. The molecule has 2 atom stereocenters. The lowest BCUT2D eigenvalue weighted by Gasteiger charge is -2.24. The second kappa shape index (κ2) is 5.57. The van der Waals surface area contributed by atoms with Crippen molar-refractivity contribution in [2.75, 3.05) is 13.1 Å². The van der Waals surface area contributed by atoms with Crippen molar-refractivity contribution in [3.05, 3.63) is 36.1 Å². The van der Waals surface area contributed by atoms with E-state index in [4.69, 9.17) is 0 Å². The number of hydrogen-bond acceptors (Lipinski definition) is 1. The van der Waals surface area contributed by atoms with Crippen LogP contribution in [0.5, 0.6) is 0 Å². The molecule has 0 aromatic rings. The summed E-state index contributed by atoms with van der Waals surface area (Å²) in [6.45, 7) is 11.3. The van der Waals surface area contributed by atoms with E-state index in [-0.39, 0.29) is 0 Å². The smallest absolute Gasteiger partial charge is 0.0328 e. The molecule has 0 N–H and O–H groups in total. The minimum Gasteiger partial charge on any atom is -0.372 e. The molecule has 1 fully saturated rings. The van der Waals surface area contributed by atoms with Crippen LogP contribution in [0.25, 0.3) is 0 Å². The topological polar surface area (TPSA) is 3.24 Å². The molecule has 1 heteroatoms. The first-order valence-corrected chi connectivity index (χ1v) is 7.03. The molecule has 94 valence electrons. The SMILES string of the molecule is C=C(CC)C1C=C(N2CCCC2)C=CCC1C. The third-order valence-electron chi connectivity index (χ3n) is 4.16. The lowest BCUT2D eigenvalue weighted by atomic mass is 9.85. The van der Waals surface area contributed by atoms with Crippen LogP contribution >= 0.6 is 0 Å². The zero-order valence-electron chi connectivity index (χ0n) is 11.3. The van der Waals surface area contributed by atoms with Crippen LogP contribution < -0.4 is 0 Å². The van der Waals surface area contributed by atoms with E-state index in [0.29, 0.717) is 11.8 Å². The largest absolute Gasteiger partial charge is 0.372 e. The maximum Gasteiger partial charge on any atom is 0.0328 e. The monoisotopic (exact) mass is 231 g/mol. The molecule has 1 aliphatic carbocycles. The highest BCUT2D eigenvalue weighted by molar-refractivity contribution is 5.26. The summed E-state index contributed by atoms with van der Waals surface area (Å²) >= 11 is 0. The number of likely N-dealkylation sites (tertiary alicyclic amines) is 1. The molecule has 1 saturated heterocycles. The van der Waals surface area contributed by atoms with Crippen LogP contribution in [0.1, 0.15) is 39.5 Å². The Morgan fingerprint density at radius 3 is 2.76 bits per heavy atom. The van der Waals surface area contributed by atoms with Gasteiger partial charge in [0.25, 0.3) is 0 Å². The van der Waals surface area contributed by atoms with E-state index in [2.05, 4.69) is 43.6 Å². The Hall–Kier alpha value is -0.980. The van der Waals surface area contributed by atoms with Crippen LogP contribution in [0, 0.1) is 11.8 Å².